The smallest absolute Gasteiger partial charge is 0.278 e. The van der Waals surface area contributed by atoms with Gasteiger partial charge < -0.3 is 9.80 Å². The van der Waals surface area contributed by atoms with Gasteiger partial charge in [-0.25, -0.2) is 0 Å². The van der Waals surface area contributed by atoms with Crippen LogP contribution >= 0.6 is 24.4 Å². The van der Waals surface area contributed by atoms with Crippen LogP contribution in [0.1, 0.15) is 24.8 Å². The maximum atomic E-state index is 13.1. The van der Waals surface area contributed by atoms with Crippen LogP contribution in [0.2, 0.25) is 0 Å². The van der Waals surface area contributed by atoms with Crippen molar-refractivity contribution in [1.29, 1.82) is 0 Å². The molecule has 2 aliphatic rings. The lowest BCUT2D eigenvalue weighted by molar-refractivity contribution is -0.134. The lowest BCUT2D eigenvalue weighted by Gasteiger charge is -2.44. The highest BCUT2D eigenvalue weighted by molar-refractivity contribution is 7.98. The maximum absolute atomic E-state index is 13.1. The molecule has 2 fully saturated rings. The first-order chi connectivity index (χ1) is 12.1. The van der Waals surface area contributed by atoms with Crippen molar-refractivity contribution >= 4 is 35.5 Å². The summed E-state index contributed by atoms with van der Waals surface area (Å²) in [5, 5.41) is 3.43. The molecule has 2 amide bonds. The predicted molar refractivity (Wildman–Crippen MR) is 105 cm³/mol. The van der Waals surface area contributed by atoms with Crippen molar-refractivity contribution in [3.63, 3.8) is 0 Å². The van der Waals surface area contributed by atoms with E-state index in [0.717, 1.165) is 30.6 Å². The van der Waals surface area contributed by atoms with Gasteiger partial charge in [-0.1, -0.05) is 43.0 Å². The molecule has 0 radical (unpaired) electrons. The molecule has 5 nitrogen and oxygen atoms in total. The number of thioether (sulfide) groups is 1. The second-order valence-corrected chi connectivity index (χ2v) is 8.06. The van der Waals surface area contributed by atoms with E-state index in [1.165, 1.54) is 0 Å². The van der Waals surface area contributed by atoms with Crippen molar-refractivity contribution in [1.82, 2.24) is 15.1 Å². The van der Waals surface area contributed by atoms with E-state index < -0.39 is 0 Å². The van der Waals surface area contributed by atoms with Gasteiger partial charge in [-0.15, -0.1) is 0 Å². The van der Waals surface area contributed by atoms with E-state index in [9.17, 15) is 9.59 Å². The minimum Gasteiger partial charge on any atom is -0.334 e. The molecule has 1 aromatic rings. The molecule has 1 aromatic carbocycles. The molecule has 7 heteroatoms. The molecule has 1 atom stereocenters. The van der Waals surface area contributed by atoms with Gasteiger partial charge in [0, 0.05) is 32.5 Å². The van der Waals surface area contributed by atoms with E-state index in [4.69, 9.17) is 0 Å². The summed E-state index contributed by atoms with van der Waals surface area (Å²) in [4.78, 5) is 28.3. The molecular formula is C18H25N3O2S2. The van der Waals surface area contributed by atoms with E-state index in [-0.39, 0.29) is 22.9 Å². The lowest BCUT2D eigenvalue weighted by Crippen LogP contribution is -2.58. The SMILES string of the molecule is CSCCC1NC2(CCN(C(=O)S)CC2)N(Cc2ccccc2)C1=O. The molecule has 0 aliphatic carbocycles. The first kappa shape index (κ1) is 18.6. The first-order valence-corrected chi connectivity index (χ1v) is 10.5. The van der Waals surface area contributed by atoms with Crippen LogP contribution in [-0.4, -0.2) is 57.7 Å². The number of likely N-dealkylation sites (tertiary alicyclic amines) is 1. The van der Waals surface area contributed by atoms with Crippen LogP contribution in [0.3, 0.4) is 0 Å². The summed E-state index contributed by atoms with van der Waals surface area (Å²) in [5.41, 5.74) is 0.783. The van der Waals surface area contributed by atoms with E-state index in [0.29, 0.717) is 19.6 Å². The van der Waals surface area contributed by atoms with E-state index >= 15 is 0 Å². The molecule has 0 saturated carbocycles. The molecule has 25 heavy (non-hydrogen) atoms. The monoisotopic (exact) mass is 379 g/mol. The summed E-state index contributed by atoms with van der Waals surface area (Å²) in [5.74, 6) is 1.14. The summed E-state index contributed by atoms with van der Waals surface area (Å²) in [6.07, 6.45) is 4.39. The van der Waals surface area contributed by atoms with E-state index in [2.05, 4.69) is 36.3 Å². The second kappa shape index (κ2) is 8.01. The van der Waals surface area contributed by atoms with Crippen molar-refractivity contribution in [2.45, 2.75) is 37.5 Å². The van der Waals surface area contributed by atoms with Crippen molar-refractivity contribution in [2.24, 2.45) is 0 Å². The Balaban J connectivity index is 1.80. The Morgan fingerprint density at radius 3 is 2.60 bits per heavy atom. The summed E-state index contributed by atoms with van der Waals surface area (Å²) in [6, 6.07) is 9.98. The average Bonchev–Trinajstić information content (AvgIpc) is 2.87. The Morgan fingerprint density at radius 2 is 2.00 bits per heavy atom. The third-order valence-electron chi connectivity index (χ3n) is 5.18. The number of nitrogens with zero attached hydrogens (tertiary/aromatic N) is 2. The largest absolute Gasteiger partial charge is 0.334 e. The zero-order valence-electron chi connectivity index (χ0n) is 14.5. The molecule has 2 heterocycles. The standard InChI is InChI=1S/C18H25N3O2S2/c1-25-12-7-15-16(22)21(13-14-5-3-2-4-6-14)18(19-15)8-10-20(11-9-18)17(23)24/h2-6,15,19H,7-13H2,1H3,(H,23,24). The zero-order chi connectivity index (χ0) is 17.9. The van der Waals surface area contributed by atoms with Gasteiger partial charge in [-0.05, 0) is 24.0 Å². The van der Waals surface area contributed by atoms with Crippen LogP contribution in [0, 0.1) is 0 Å². The third-order valence-corrected chi connectivity index (χ3v) is 6.11. The number of hydrogen-bond acceptors (Lipinski definition) is 4. The molecule has 1 N–H and O–H groups in total. The predicted octanol–water partition coefficient (Wildman–Crippen LogP) is 2.58. The van der Waals surface area contributed by atoms with Crippen LogP contribution in [-0.2, 0) is 11.3 Å². The fourth-order valence-corrected chi connectivity index (χ4v) is 4.44. The van der Waals surface area contributed by atoms with Gasteiger partial charge in [-0.3, -0.25) is 14.9 Å². The van der Waals surface area contributed by atoms with Gasteiger partial charge in [0.15, 0.2) is 0 Å². The number of rotatable bonds is 5. The second-order valence-electron chi connectivity index (χ2n) is 6.69. The summed E-state index contributed by atoms with van der Waals surface area (Å²) in [7, 11) is 0. The number of amides is 2. The quantitative estimate of drug-likeness (QED) is 0.772. The van der Waals surface area contributed by atoms with Crippen molar-refractivity contribution < 1.29 is 9.59 Å². The van der Waals surface area contributed by atoms with Gasteiger partial charge in [0.25, 0.3) is 5.24 Å². The molecule has 0 aromatic heterocycles. The Labute approximate surface area is 158 Å². The van der Waals surface area contributed by atoms with Gasteiger partial charge >= 0.3 is 0 Å². The third kappa shape index (κ3) is 3.99. The highest BCUT2D eigenvalue weighted by Gasteiger charge is 2.51. The number of carbonyl (C=O) groups is 2. The summed E-state index contributed by atoms with van der Waals surface area (Å²) >= 11 is 5.70. The topological polar surface area (TPSA) is 52.7 Å². The minimum atomic E-state index is -0.351. The van der Waals surface area contributed by atoms with Gasteiger partial charge in [0.1, 0.15) is 0 Å². The summed E-state index contributed by atoms with van der Waals surface area (Å²) in [6.45, 7) is 1.86. The Morgan fingerprint density at radius 1 is 1.32 bits per heavy atom. The van der Waals surface area contributed by atoms with Crippen molar-refractivity contribution in [3.05, 3.63) is 35.9 Å². The van der Waals surface area contributed by atoms with Crippen LogP contribution in [0.4, 0.5) is 4.79 Å². The molecule has 1 unspecified atom stereocenters. The normalized spacial score (nSPS) is 22.6. The molecule has 136 valence electrons. The molecule has 1 spiro atoms. The highest BCUT2D eigenvalue weighted by Crippen LogP contribution is 2.35. The molecule has 0 bridgehead atoms. The van der Waals surface area contributed by atoms with E-state index in [1.807, 2.05) is 23.1 Å². The number of hydrogen-bond donors (Lipinski definition) is 2. The Bertz CT molecular complexity index is 618. The molecule has 2 aliphatic heterocycles. The number of thiol groups is 1. The number of carbonyl (C=O) groups excluding carboxylic acids is 2. The fourth-order valence-electron chi connectivity index (χ4n) is 3.77. The maximum Gasteiger partial charge on any atom is 0.278 e. The van der Waals surface area contributed by atoms with Crippen molar-refractivity contribution in [3.8, 4) is 0 Å². The lowest BCUT2D eigenvalue weighted by atomic mass is 9.95. The number of piperidine rings is 1. The number of benzene rings is 1. The van der Waals surface area contributed by atoms with Crippen molar-refractivity contribution in [2.75, 3.05) is 25.1 Å². The van der Waals surface area contributed by atoms with Crippen LogP contribution in [0.25, 0.3) is 0 Å². The van der Waals surface area contributed by atoms with Gasteiger partial charge in [0.05, 0.1) is 11.7 Å². The van der Waals surface area contributed by atoms with Gasteiger partial charge in [-0.2, -0.15) is 11.8 Å². The zero-order valence-corrected chi connectivity index (χ0v) is 16.2. The molecule has 2 saturated heterocycles. The first-order valence-electron chi connectivity index (χ1n) is 8.66. The Hall–Kier alpha value is -1.18. The molecule has 3 rings (SSSR count). The summed E-state index contributed by atoms with van der Waals surface area (Å²) < 4.78 is 0. The minimum absolute atomic E-state index is 0.130. The molecular weight excluding hydrogens is 354 g/mol. The van der Waals surface area contributed by atoms with Crippen LogP contribution in [0.15, 0.2) is 30.3 Å². The average molecular weight is 380 g/mol. The highest BCUT2D eigenvalue weighted by atomic mass is 32.2. The van der Waals surface area contributed by atoms with E-state index in [1.54, 1.807) is 16.7 Å². The Kier molecular flexibility index (Phi) is 5.96. The number of nitrogens with one attached hydrogen (secondary N) is 1. The van der Waals surface area contributed by atoms with Gasteiger partial charge in [0.2, 0.25) is 5.91 Å². The fraction of sp³-hybridized carbons (Fsp3) is 0.556. The van der Waals surface area contributed by atoms with Crippen LogP contribution < -0.4 is 5.32 Å². The van der Waals surface area contributed by atoms with Crippen LogP contribution in [0.5, 0.6) is 0 Å².